The van der Waals surface area contributed by atoms with Crippen molar-refractivity contribution in [3.8, 4) is 5.75 Å². The number of methoxy groups -OCH3 is 1. The van der Waals surface area contributed by atoms with Gasteiger partial charge in [-0.1, -0.05) is 6.07 Å². The molecular weight excluding hydrogens is 255 g/mol. The molecular formula is C16H25FN2O. The lowest BCUT2D eigenvalue weighted by molar-refractivity contribution is 0.225. The van der Waals surface area contributed by atoms with E-state index in [9.17, 15) is 4.39 Å². The molecule has 2 atom stereocenters. The van der Waals surface area contributed by atoms with Crippen molar-refractivity contribution < 1.29 is 9.13 Å². The molecule has 1 aliphatic carbocycles. The predicted molar refractivity (Wildman–Crippen MR) is 79.3 cm³/mol. The summed E-state index contributed by atoms with van der Waals surface area (Å²) in [7, 11) is 3.67. The van der Waals surface area contributed by atoms with Gasteiger partial charge in [0.15, 0.2) is 0 Å². The summed E-state index contributed by atoms with van der Waals surface area (Å²) in [6, 6.07) is 5.10. The van der Waals surface area contributed by atoms with E-state index in [2.05, 4.69) is 18.9 Å². The van der Waals surface area contributed by atoms with Gasteiger partial charge in [-0.3, -0.25) is 0 Å². The van der Waals surface area contributed by atoms with Crippen LogP contribution in [-0.4, -0.2) is 31.6 Å². The van der Waals surface area contributed by atoms with Gasteiger partial charge in [-0.15, -0.1) is 0 Å². The van der Waals surface area contributed by atoms with Crippen LogP contribution in [0.2, 0.25) is 0 Å². The number of benzene rings is 1. The minimum Gasteiger partial charge on any atom is -0.496 e. The van der Waals surface area contributed by atoms with Crippen molar-refractivity contribution in [1.82, 2.24) is 4.90 Å². The highest BCUT2D eigenvalue weighted by Gasteiger charge is 2.30. The van der Waals surface area contributed by atoms with Crippen LogP contribution in [0.25, 0.3) is 0 Å². The lowest BCUT2D eigenvalue weighted by Gasteiger charge is -2.26. The van der Waals surface area contributed by atoms with Gasteiger partial charge in [-0.25, -0.2) is 4.39 Å². The largest absolute Gasteiger partial charge is 0.496 e. The Morgan fingerprint density at radius 3 is 2.75 bits per heavy atom. The summed E-state index contributed by atoms with van der Waals surface area (Å²) >= 11 is 0. The fourth-order valence-corrected chi connectivity index (χ4v) is 2.68. The molecule has 3 nitrogen and oxygen atoms in total. The molecule has 1 saturated carbocycles. The Morgan fingerprint density at radius 2 is 2.15 bits per heavy atom. The molecule has 1 aromatic carbocycles. The quantitative estimate of drug-likeness (QED) is 0.834. The second-order valence-corrected chi connectivity index (χ2v) is 5.81. The van der Waals surface area contributed by atoms with Crippen molar-refractivity contribution in [1.29, 1.82) is 0 Å². The first-order valence-electron chi connectivity index (χ1n) is 7.32. The van der Waals surface area contributed by atoms with E-state index < -0.39 is 0 Å². The summed E-state index contributed by atoms with van der Waals surface area (Å²) in [6.45, 7) is 3.13. The van der Waals surface area contributed by atoms with E-state index >= 15 is 0 Å². The van der Waals surface area contributed by atoms with Crippen molar-refractivity contribution in [3.05, 3.63) is 29.6 Å². The molecule has 112 valence electrons. The first-order valence-corrected chi connectivity index (χ1v) is 7.32. The minimum atomic E-state index is -0.333. The van der Waals surface area contributed by atoms with E-state index in [0.29, 0.717) is 17.4 Å². The second kappa shape index (κ2) is 6.55. The molecule has 0 saturated heterocycles. The molecule has 0 spiro atoms. The molecule has 1 fully saturated rings. The van der Waals surface area contributed by atoms with Crippen LogP contribution >= 0.6 is 0 Å². The third-order valence-corrected chi connectivity index (χ3v) is 4.40. The van der Waals surface area contributed by atoms with Crippen LogP contribution in [0.3, 0.4) is 0 Å². The Labute approximate surface area is 120 Å². The third kappa shape index (κ3) is 3.49. The maximum Gasteiger partial charge on any atom is 0.131 e. The van der Waals surface area contributed by atoms with Crippen LogP contribution in [0.1, 0.15) is 37.8 Å². The molecule has 2 rings (SSSR count). The van der Waals surface area contributed by atoms with Crippen molar-refractivity contribution in [2.24, 2.45) is 11.7 Å². The highest BCUT2D eigenvalue weighted by Crippen LogP contribution is 2.35. The summed E-state index contributed by atoms with van der Waals surface area (Å²) in [4.78, 5) is 2.32. The number of ether oxygens (including phenoxy) is 1. The SMILES string of the molecule is COc1cccc(F)c1C(N)CCN(C)C(C)C1CC1. The molecule has 0 radical (unpaired) electrons. The zero-order chi connectivity index (χ0) is 14.7. The fraction of sp³-hybridized carbons (Fsp3) is 0.625. The highest BCUT2D eigenvalue weighted by molar-refractivity contribution is 5.37. The maximum atomic E-state index is 13.9. The first kappa shape index (κ1) is 15.3. The van der Waals surface area contributed by atoms with E-state index in [1.54, 1.807) is 19.2 Å². The van der Waals surface area contributed by atoms with Crippen molar-refractivity contribution >= 4 is 0 Å². The number of halogens is 1. The van der Waals surface area contributed by atoms with E-state index in [1.807, 2.05) is 0 Å². The Bertz CT molecular complexity index is 448. The van der Waals surface area contributed by atoms with Gasteiger partial charge in [0.05, 0.1) is 7.11 Å². The van der Waals surface area contributed by atoms with Crippen LogP contribution in [0.4, 0.5) is 4.39 Å². The van der Waals surface area contributed by atoms with Crippen molar-refractivity contribution in [2.75, 3.05) is 20.7 Å². The van der Waals surface area contributed by atoms with Gasteiger partial charge in [0.2, 0.25) is 0 Å². The topological polar surface area (TPSA) is 38.5 Å². The number of nitrogens with zero attached hydrogens (tertiary/aromatic N) is 1. The molecule has 2 unspecified atom stereocenters. The number of rotatable bonds is 7. The molecule has 2 N–H and O–H groups in total. The lowest BCUT2D eigenvalue weighted by Crippen LogP contribution is -2.33. The Morgan fingerprint density at radius 1 is 1.45 bits per heavy atom. The number of hydrogen-bond donors (Lipinski definition) is 1. The zero-order valence-corrected chi connectivity index (χ0v) is 12.6. The minimum absolute atomic E-state index is 0.283. The van der Waals surface area contributed by atoms with Gasteiger partial charge in [0.1, 0.15) is 11.6 Å². The molecule has 0 bridgehead atoms. The standard InChI is InChI=1S/C16H25FN2O/c1-11(12-7-8-12)19(2)10-9-14(18)16-13(17)5-4-6-15(16)20-3/h4-6,11-12,14H,7-10,18H2,1-3H3. The predicted octanol–water partition coefficient (Wildman–Crippen LogP) is 2.95. The van der Waals surface area contributed by atoms with Crippen LogP contribution in [0, 0.1) is 11.7 Å². The molecule has 4 heteroatoms. The molecule has 1 aromatic rings. The Kier molecular flexibility index (Phi) is 5.00. The Balaban J connectivity index is 1.96. The highest BCUT2D eigenvalue weighted by atomic mass is 19.1. The maximum absolute atomic E-state index is 13.9. The summed E-state index contributed by atoms with van der Waals surface area (Å²) in [6.07, 6.45) is 3.39. The normalized spacial score (nSPS) is 18.1. The van der Waals surface area contributed by atoms with Crippen LogP contribution in [0.5, 0.6) is 5.75 Å². The average molecular weight is 280 g/mol. The van der Waals surface area contributed by atoms with Gasteiger partial charge in [-0.05, 0) is 57.8 Å². The van der Waals surface area contributed by atoms with Crippen molar-refractivity contribution in [2.45, 2.75) is 38.3 Å². The summed E-state index contributed by atoms with van der Waals surface area (Å²) in [5.41, 5.74) is 6.65. The number of nitrogens with two attached hydrogens (primary N) is 1. The molecule has 0 aromatic heterocycles. The van der Waals surface area contributed by atoms with Gasteiger partial charge in [-0.2, -0.15) is 0 Å². The Hall–Kier alpha value is -1.13. The summed E-state index contributed by atoms with van der Waals surface area (Å²) in [5, 5.41) is 0. The smallest absolute Gasteiger partial charge is 0.131 e. The third-order valence-electron chi connectivity index (χ3n) is 4.40. The lowest BCUT2D eigenvalue weighted by atomic mass is 10.0. The van der Waals surface area contributed by atoms with E-state index in [4.69, 9.17) is 10.5 Å². The van der Waals surface area contributed by atoms with Crippen LogP contribution in [-0.2, 0) is 0 Å². The molecule has 0 aliphatic heterocycles. The first-order chi connectivity index (χ1) is 9.54. The van der Waals surface area contributed by atoms with Gasteiger partial charge in [0.25, 0.3) is 0 Å². The van der Waals surface area contributed by atoms with Gasteiger partial charge in [0, 0.05) is 17.6 Å². The van der Waals surface area contributed by atoms with E-state index in [1.165, 1.54) is 18.9 Å². The van der Waals surface area contributed by atoms with Gasteiger partial charge < -0.3 is 15.4 Å². The van der Waals surface area contributed by atoms with Crippen LogP contribution in [0.15, 0.2) is 18.2 Å². The molecule has 20 heavy (non-hydrogen) atoms. The van der Waals surface area contributed by atoms with E-state index in [-0.39, 0.29) is 11.9 Å². The monoisotopic (exact) mass is 280 g/mol. The average Bonchev–Trinajstić information content (AvgIpc) is 3.27. The zero-order valence-electron chi connectivity index (χ0n) is 12.6. The van der Waals surface area contributed by atoms with E-state index in [0.717, 1.165) is 18.9 Å². The summed E-state index contributed by atoms with van der Waals surface area (Å²) in [5.74, 6) is 1.09. The number of hydrogen-bond acceptors (Lipinski definition) is 3. The summed E-state index contributed by atoms with van der Waals surface area (Å²) < 4.78 is 19.2. The van der Waals surface area contributed by atoms with Crippen LogP contribution < -0.4 is 10.5 Å². The second-order valence-electron chi connectivity index (χ2n) is 5.81. The molecule has 0 amide bonds. The molecule has 0 heterocycles. The van der Waals surface area contributed by atoms with Gasteiger partial charge >= 0.3 is 0 Å². The van der Waals surface area contributed by atoms with Crippen molar-refractivity contribution in [3.63, 3.8) is 0 Å². The molecule has 1 aliphatic rings. The fourth-order valence-electron chi connectivity index (χ4n) is 2.68.